The molecule has 128 valence electrons. The van der Waals surface area contributed by atoms with Crippen molar-refractivity contribution < 1.29 is 9.32 Å². The Morgan fingerprint density at radius 1 is 1.36 bits per heavy atom. The minimum Gasteiger partial charge on any atom is -0.347 e. The monoisotopic (exact) mass is 338 g/mol. The number of amides is 1. The van der Waals surface area contributed by atoms with Crippen LogP contribution in [0.1, 0.15) is 30.1 Å². The standard InChI is InChI=1S/C17H18N6O2/c1-10-7-11(2)23(21-10)14-6-5-13(8-18-14)16-20-15(25-22-16)9-19-17(24)12-3-4-12/h5-8,12H,3-4,9H2,1-2H3,(H,19,24). The van der Waals surface area contributed by atoms with E-state index in [-0.39, 0.29) is 18.4 Å². The number of pyridine rings is 1. The van der Waals surface area contributed by atoms with E-state index in [2.05, 4.69) is 25.5 Å². The Hall–Kier alpha value is -3.03. The molecule has 3 aromatic heterocycles. The molecule has 1 aliphatic rings. The third-order valence-corrected chi connectivity index (χ3v) is 4.06. The van der Waals surface area contributed by atoms with E-state index in [1.807, 2.05) is 32.0 Å². The van der Waals surface area contributed by atoms with Gasteiger partial charge in [0.1, 0.15) is 0 Å². The number of aryl methyl sites for hydroxylation is 2. The Balaban J connectivity index is 1.46. The molecule has 8 heteroatoms. The van der Waals surface area contributed by atoms with Crippen LogP contribution < -0.4 is 5.32 Å². The van der Waals surface area contributed by atoms with Crippen LogP contribution >= 0.6 is 0 Å². The normalized spacial score (nSPS) is 13.8. The zero-order valence-electron chi connectivity index (χ0n) is 14.1. The molecule has 25 heavy (non-hydrogen) atoms. The third-order valence-electron chi connectivity index (χ3n) is 4.06. The second-order valence-corrected chi connectivity index (χ2v) is 6.25. The van der Waals surface area contributed by atoms with Crippen LogP contribution in [0, 0.1) is 19.8 Å². The lowest BCUT2D eigenvalue weighted by Gasteiger charge is -2.03. The number of nitrogens with zero attached hydrogens (tertiary/aromatic N) is 5. The van der Waals surface area contributed by atoms with Crippen LogP contribution in [0.4, 0.5) is 0 Å². The van der Waals surface area contributed by atoms with Gasteiger partial charge in [-0.3, -0.25) is 4.79 Å². The van der Waals surface area contributed by atoms with E-state index in [4.69, 9.17) is 4.52 Å². The summed E-state index contributed by atoms with van der Waals surface area (Å²) in [6, 6.07) is 5.73. The molecule has 1 fully saturated rings. The minimum absolute atomic E-state index is 0.0515. The van der Waals surface area contributed by atoms with Crippen molar-refractivity contribution in [2.45, 2.75) is 33.2 Å². The van der Waals surface area contributed by atoms with Crippen LogP contribution in [0.5, 0.6) is 0 Å². The number of carbonyl (C=O) groups is 1. The predicted octanol–water partition coefficient (Wildman–Crippen LogP) is 1.96. The SMILES string of the molecule is Cc1cc(C)n(-c2ccc(-c3noc(CNC(=O)C4CC4)n3)cn2)n1. The van der Waals surface area contributed by atoms with E-state index >= 15 is 0 Å². The predicted molar refractivity (Wildman–Crippen MR) is 88.7 cm³/mol. The average Bonchev–Trinajstić information content (AvgIpc) is 3.26. The molecule has 1 aliphatic carbocycles. The Labute approximate surface area is 144 Å². The van der Waals surface area contributed by atoms with Crippen molar-refractivity contribution in [3.8, 4) is 17.2 Å². The van der Waals surface area contributed by atoms with Gasteiger partial charge in [0.05, 0.1) is 12.2 Å². The summed E-state index contributed by atoms with van der Waals surface area (Å²) in [5, 5.41) is 11.2. The topological polar surface area (TPSA) is 98.7 Å². The molecule has 0 unspecified atom stereocenters. The summed E-state index contributed by atoms with van der Waals surface area (Å²) in [5.41, 5.74) is 2.71. The van der Waals surface area contributed by atoms with Gasteiger partial charge in [-0.2, -0.15) is 10.1 Å². The van der Waals surface area contributed by atoms with E-state index in [0.29, 0.717) is 11.7 Å². The van der Waals surface area contributed by atoms with Crippen molar-refractivity contribution in [1.29, 1.82) is 0 Å². The molecule has 3 aromatic rings. The molecule has 0 saturated heterocycles. The Morgan fingerprint density at radius 2 is 2.20 bits per heavy atom. The number of hydrogen-bond donors (Lipinski definition) is 1. The first-order valence-electron chi connectivity index (χ1n) is 8.20. The van der Waals surface area contributed by atoms with Gasteiger partial charge in [-0.1, -0.05) is 5.16 Å². The molecule has 0 aromatic carbocycles. The molecule has 1 saturated carbocycles. The first-order chi connectivity index (χ1) is 12.1. The van der Waals surface area contributed by atoms with Crippen LogP contribution in [0.25, 0.3) is 17.2 Å². The van der Waals surface area contributed by atoms with Crippen LogP contribution in [-0.2, 0) is 11.3 Å². The molecule has 0 spiro atoms. The van der Waals surface area contributed by atoms with Crippen LogP contribution in [0.3, 0.4) is 0 Å². The Morgan fingerprint density at radius 3 is 2.84 bits per heavy atom. The number of rotatable bonds is 5. The van der Waals surface area contributed by atoms with E-state index in [1.54, 1.807) is 10.9 Å². The zero-order valence-corrected chi connectivity index (χ0v) is 14.1. The molecule has 1 N–H and O–H groups in total. The zero-order chi connectivity index (χ0) is 17.4. The molecular formula is C17H18N6O2. The fraction of sp³-hybridized carbons (Fsp3) is 0.353. The third kappa shape index (κ3) is 3.28. The number of nitrogens with one attached hydrogen (secondary N) is 1. The van der Waals surface area contributed by atoms with Crippen molar-refractivity contribution in [2.24, 2.45) is 5.92 Å². The molecule has 1 amide bonds. The summed E-state index contributed by atoms with van der Waals surface area (Å²) in [6.07, 6.45) is 3.62. The summed E-state index contributed by atoms with van der Waals surface area (Å²) in [6.45, 7) is 4.18. The summed E-state index contributed by atoms with van der Waals surface area (Å²) < 4.78 is 6.97. The number of aromatic nitrogens is 5. The summed E-state index contributed by atoms with van der Waals surface area (Å²) in [7, 11) is 0. The molecule has 8 nitrogen and oxygen atoms in total. The number of hydrogen-bond acceptors (Lipinski definition) is 6. The molecule has 0 bridgehead atoms. The van der Waals surface area contributed by atoms with E-state index in [9.17, 15) is 4.79 Å². The quantitative estimate of drug-likeness (QED) is 0.763. The maximum absolute atomic E-state index is 11.6. The fourth-order valence-corrected chi connectivity index (χ4v) is 2.60. The summed E-state index contributed by atoms with van der Waals surface area (Å²) >= 11 is 0. The minimum atomic E-state index is 0.0515. The van der Waals surface area contributed by atoms with Gasteiger partial charge in [-0.15, -0.1) is 0 Å². The lowest BCUT2D eigenvalue weighted by atomic mass is 10.2. The van der Waals surface area contributed by atoms with E-state index in [0.717, 1.165) is 35.6 Å². The largest absolute Gasteiger partial charge is 0.347 e. The van der Waals surface area contributed by atoms with Gasteiger partial charge in [0.2, 0.25) is 17.6 Å². The molecule has 4 rings (SSSR count). The van der Waals surface area contributed by atoms with Gasteiger partial charge < -0.3 is 9.84 Å². The van der Waals surface area contributed by atoms with Gasteiger partial charge in [-0.05, 0) is 44.9 Å². The van der Waals surface area contributed by atoms with E-state index < -0.39 is 0 Å². The van der Waals surface area contributed by atoms with Crippen molar-refractivity contribution in [1.82, 2.24) is 30.2 Å². The highest BCUT2D eigenvalue weighted by Crippen LogP contribution is 2.28. The fourth-order valence-electron chi connectivity index (χ4n) is 2.60. The lowest BCUT2D eigenvalue weighted by Crippen LogP contribution is -2.24. The lowest BCUT2D eigenvalue weighted by molar-refractivity contribution is -0.122. The number of carbonyl (C=O) groups excluding carboxylic acids is 1. The average molecular weight is 338 g/mol. The first-order valence-corrected chi connectivity index (χ1v) is 8.20. The molecule has 0 aliphatic heterocycles. The van der Waals surface area contributed by atoms with Crippen molar-refractivity contribution in [3.63, 3.8) is 0 Å². The van der Waals surface area contributed by atoms with Gasteiger partial charge in [0.15, 0.2) is 5.82 Å². The Bertz CT molecular complexity index is 908. The second kappa shape index (κ2) is 6.12. The van der Waals surface area contributed by atoms with Gasteiger partial charge >= 0.3 is 0 Å². The molecule has 0 radical (unpaired) electrons. The maximum Gasteiger partial charge on any atom is 0.246 e. The molecule has 3 heterocycles. The summed E-state index contributed by atoms with van der Waals surface area (Å²) in [5.74, 6) is 1.77. The van der Waals surface area contributed by atoms with Crippen molar-refractivity contribution in [3.05, 3.63) is 41.7 Å². The van der Waals surface area contributed by atoms with Crippen LogP contribution in [0.2, 0.25) is 0 Å². The summed E-state index contributed by atoms with van der Waals surface area (Å²) in [4.78, 5) is 20.4. The van der Waals surface area contributed by atoms with Crippen molar-refractivity contribution >= 4 is 5.91 Å². The smallest absolute Gasteiger partial charge is 0.246 e. The van der Waals surface area contributed by atoms with Gasteiger partial charge in [0.25, 0.3) is 0 Å². The van der Waals surface area contributed by atoms with E-state index in [1.165, 1.54) is 0 Å². The maximum atomic E-state index is 11.6. The van der Waals surface area contributed by atoms with Gasteiger partial charge in [0, 0.05) is 23.4 Å². The molecule has 0 atom stereocenters. The van der Waals surface area contributed by atoms with Crippen molar-refractivity contribution in [2.75, 3.05) is 0 Å². The first kappa shape index (κ1) is 15.5. The highest BCUT2D eigenvalue weighted by Gasteiger charge is 2.29. The molecular weight excluding hydrogens is 320 g/mol. The van der Waals surface area contributed by atoms with Crippen LogP contribution in [0.15, 0.2) is 28.9 Å². The highest BCUT2D eigenvalue weighted by molar-refractivity contribution is 5.80. The van der Waals surface area contributed by atoms with Crippen LogP contribution in [-0.4, -0.2) is 30.8 Å². The van der Waals surface area contributed by atoms with Gasteiger partial charge in [-0.25, -0.2) is 9.67 Å². The Kier molecular flexibility index (Phi) is 3.79. The highest BCUT2D eigenvalue weighted by atomic mass is 16.5. The second-order valence-electron chi connectivity index (χ2n) is 6.25.